The first-order valence-corrected chi connectivity index (χ1v) is 8.20. The third-order valence-corrected chi connectivity index (χ3v) is 4.06. The van der Waals surface area contributed by atoms with Crippen LogP contribution in [0.3, 0.4) is 0 Å². The molecular weight excluding hydrogens is 330 g/mol. The average Bonchev–Trinajstić information content (AvgIpc) is 3.13. The Morgan fingerprint density at radius 2 is 2.00 bits per heavy atom. The summed E-state index contributed by atoms with van der Waals surface area (Å²) in [6.07, 6.45) is 0. The number of thiophene rings is 1. The maximum absolute atomic E-state index is 12.0. The van der Waals surface area contributed by atoms with E-state index in [-0.39, 0.29) is 12.6 Å². The van der Waals surface area contributed by atoms with Gasteiger partial charge in [-0.05, 0) is 36.6 Å². The zero-order chi connectivity index (χ0) is 17.5. The second-order valence-corrected chi connectivity index (χ2v) is 5.77. The van der Waals surface area contributed by atoms with Crippen LogP contribution < -0.4 is 14.8 Å². The molecule has 1 unspecified atom stereocenters. The summed E-state index contributed by atoms with van der Waals surface area (Å²) in [4.78, 5) is 23.7. The number of esters is 1. The largest absolute Gasteiger partial charge is 0.497 e. The van der Waals surface area contributed by atoms with Crippen molar-refractivity contribution in [3.05, 3.63) is 46.2 Å². The van der Waals surface area contributed by atoms with Crippen LogP contribution in [-0.4, -0.2) is 32.7 Å². The number of benzene rings is 1. The standard InChI is InChI=1S/C17H19NO5S/c1-11(14-8-13(21-2)4-5-15(14)22-3)18-16(19)9-23-17(20)12-6-7-24-10-12/h4-8,10-11H,9H2,1-3H3,(H,18,19). The van der Waals surface area contributed by atoms with E-state index < -0.39 is 11.9 Å². The molecule has 7 heteroatoms. The van der Waals surface area contributed by atoms with E-state index >= 15 is 0 Å². The lowest BCUT2D eigenvalue weighted by Gasteiger charge is -2.18. The summed E-state index contributed by atoms with van der Waals surface area (Å²) in [5.74, 6) is 0.392. The van der Waals surface area contributed by atoms with Gasteiger partial charge in [0.1, 0.15) is 11.5 Å². The molecule has 0 spiro atoms. The first-order valence-electron chi connectivity index (χ1n) is 7.25. The van der Waals surface area contributed by atoms with Crippen molar-refractivity contribution < 1.29 is 23.8 Å². The molecule has 0 aliphatic heterocycles. The Kier molecular flexibility index (Phi) is 6.20. The fourth-order valence-electron chi connectivity index (χ4n) is 2.13. The molecule has 128 valence electrons. The van der Waals surface area contributed by atoms with Crippen molar-refractivity contribution in [2.24, 2.45) is 0 Å². The van der Waals surface area contributed by atoms with Crippen LogP contribution in [0, 0.1) is 0 Å². The van der Waals surface area contributed by atoms with Gasteiger partial charge in [-0.15, -0.1) is 0 Å². The molecule has 2 rings (SSSR count). The number of nitrogens with one attached hydrogen (secondary N) is 1. The van der Waals surface area contributed by atoms with Gasteiger partial charge < -0.3 is 19.5 Å². The van der Waals surface area contributed by atoms with Crippen molar-refractivity contribution in [3.63, 3.8) is 0 Å². The van der Waals surface area contributed by atoms with E-state index in [0.717, 1.165) is 5.56 Å². The van der Waals surface area contributed by atoms with Crippen molar-refractivity contribution in [1.29, 1.82) is 0 Å². The molecule has 0 saturated heterocycles. The fraction of sp³-hybridized carbons (Fsp3) is 0.294. The molecule has 24 heavy (non-hydrogen) atoms. The summed E-state index contributed by atoms with van der Waals surface area (Å²) in [5, 5.41) is 6.22. The van der Waals surface area contributed by atoms with E-state index in [9.17, 15) is 9.59 Å². The van der Waals surface area contributed by atoms with Crippen molar-refractivity contribution >= 4 is 23.2 Å². The number of hydrogen-bond acceptors (Lipinski definition) is 6. The number of hydrogen-bond donors (Lipinski definition) is 1. The molecule has 0 fully saturated rings. The van der Waals surface area contributed by atoms with Gasteiger partial charge >= 0.3 is 5.97 Å². The number of carbonyl (C=O) groups is 2. The normalized spacial score (nSPS) is 11.5. The number of amides is 1. The van der Waals surface area contributed by atoms with E-state index in [1.165, 1.54) is 11.3 Å². The lowest BCUT2D eigenvalue weighted by molar-refractivity contribution is -0.124. The Morgan fingerprint density at radius 1 is 1.21 bits per heavy atom. The van der Waals surface area contributed by atoms with Crippen LogP contribution in [0.25, 0.3) is 0 Å². The fourth-order valence-corrected chi connectivity index (χ4v) is 2.76. The van der Waals surface area contributed by atoms with E-state index in [1.54, 1.807) is 49.2 Å². The predicted octanol–water partition coefficient (Wildman–Crippen LogP) is 2.80. The Morgan fingerprint density at radius 3 is 2.62 bits per heavy atom. The SMILES string of the molecule is COc1ccc(OC)c(C(C)NC(=O)COC(=O)c2ccsc2)c1. The Balaban J connectivity index is 1.95. The van der Waals surface area contributed by atoms with Crippen LogP contribution in [-0.2, 0) is 9.53 Å². The highest BCUT2D eigenvalue weighted by Gasteiger charge is 2.17. The Bertz CT molecular complexity index is 699. The highest BCUT2D eigenvalue weighted by Crippen LogP contribution is 2.29. The molecule has 1 amide bonds. The molecule has 1 atom stereocenters. The van der Waals surface area contributed by atoms with Crippen molar-refractivity contribution in [3.8, 4) is 11.5 Å². The molecule has 0 saturated carbocycles. The third kappa shape index (κ3) is 4.48. The van der Waals surface area contributed by atoms with Gasteiger partial charge in [0.2, 0.25) is 0 Å². The Hall–Kier alpha value is -2.54. The highest BCUT2D eigenvalue weighted by molar-refractivity contribution is 7.08. The molecule has 1 aromatic heterocycles. The topological polar surface area (TPSA) is 73.9 Å². The van der Waals surface area contributed by atoms with Gasteiger partial charge in [-0.3, -0.25) is 4.79 Å². The van der Waals surface area contributed by atoms with Crippen molar-refractivity contribution in [2.75, 3.05) is 20.8 Å². The molecule has 1 heterocycles. The molecule has 6 nitrogen and oxygen atoms in total. The van der Waals surface area contributed by atoms with E-state index in [4.69, 9.17) is 14.2 Å². The van der Waals surface area contributed by atoms with Crippen molar-refractivity contribution in [1.82, 2.24) is 5.32 Å². The van der Waals surface area contributed by atoms with Gasteiger partial charge in [-0.1, -0.05) is 0 Å². The van der Waals surface area contributed by atoms with Crippen LogP contribution in [0.5, 0.6) is 11.5 Å². The number of ether oxygens (including phenoxy) is 3. The van der Waals surface area contributed by atoms with Crippen molar-refractivity contribution in [2.45, 2.75) is 13.0 Å². The van der Waals surface area contributed by atoms with Crippen LogP contribution in [0.1, 0.15) is 28.9 Å². The maximum Gasteiger partial charge on any atom is 0.339 e. The zero-order valence-corrected chi connectivity index (χ0v) is 14.5. The molecular formula is C17H19NO5S. The van der Waals surface area contributed by atoms with Crippen LogP contribution in [0.15, 0.2) is 35.0 Å². The van der Waals surface area contributed by atoms with Crippen LogP contribution in [0.4, 0.5) is 0 Å². The molecule has 0 radical (unpaired) electrons. The van der Waals surface area contributed by atoms with E-state index in [2.05, 4.69) is 5.32 Å². The predicted molar refractivity (Wildman–Crippen MR) is 90.7 cm³/mol. The molecule has 1 N–H and O–H groups in total. The second kappa shape index (κ2) is 8.35. The summed E-state index contributed by atoms with van der Waals surface area (Å²) in [7, 11) is 3.13. The lowest BCUT2D eigenvalue weighted by Crippen LogP contribution is -2.31. The molecule has 0 bridgehead atoms. The summed E-state index contributed by atoms with van der Waals surface area (Å²) < 4.78 is 15.5. The Labute approximate surface area is 144 Å². The quantitative estimate of drug-likeness (QED) is 0.778. The molecule has 0 aliphatic rings. The number of methoxy groups -OCH3 is 2. The minimum atomic E-state index is -0.516. The van der Waals surface area contributed by atoms with E-state index in [1.807, 2.05) is 6.92 Å². The van der Waals surface area contributed by atoms with Gasteiger partial charge in [0.25, 0.3) is 5.91 Å². The molecule has 0 aliphatic carbocycles. The monoisotopic (exact) mass is 349 g/mol. The minimum absolute atomic E-state index is 0.331. The molecule has 1 aromatic carbocycles. The summed E-state index contributed by atoms with van der Waals surface area (Å²) in [6.45, 7) is 1.47. The zero-order valence-electron chi connectivity index (χ0n) is 13.7. The van der Waals surface area contributed by atoms with Gasteiger partial charge in [0, 0.05) is 10.9 Å². The third-order valence-electron chi connectivity index (χ3n) is 3.37. The number of rotatable bonds is 7. The van der Waals surface area contributed by atoms with Crippen LogP contribution >= 0.6 is 11.3 Å². The summed E-state index contributed by atoms with van der Waals surface area (Å²) >= 11 is 1.39. The van der Waals surface area contributed by atoms with E-state index in [0.29, 0.717) is 17.1 Å². The van der Waals surface area contributed by atoms with Gasteiger partial charge in [-0.2, -0.15) is 11.3 Å². The van der Waals surface area contributed by atoms with Crippen LogP contribution in [0.2, 0.25) is 0 Å². The minimum Gasteiger partial charge on any atom is -0.497 e. The summed E-state index contributed by atoms with van der Waals surface area (Å²) in [5.41, 5.74) is 1.21. The first-order chi connectivity index (χ1) is 11.5. The summed E-state index contributed by atoms with van der Waals surface area (Å²) in [6, 6.07) is 6.66. The number of carbonyl (C=O) groups excluding carboxylic acids is 2. The maximum atomic E-state index is 12.0. The van der Waals surface area contributed by atoms with Gasteiger partial charge in [0.15, 0.2) is 6.61 Å². The lowest BCUT2D eigenvalue weighted by atomic mass is 10.1. The second-order valence-electron chi connectivity index (χ2n) is 4.99. The smallest absolute Gasteiger partial charge is 0.339 e. The molecule has 2 aromatic rings. The van der Waals surface area contributed by atoms with Gasteiger partial charge in [-0.25, -0.2) is 4.79 Å². The van der Waals surface area contributed by atoms with Gasteiger partial charge in [0.05, 0.1) is 25.8 Å². The first kappa shape index (κ1) is 17.8. The average molecular weight is 349 g/mol. The highest BCUT2D eigenvalue weighted by atomic mass is 32.1.